The molecule has 0 fully saturated rings. The van der Waals surface area contributed by atoms with Crippen molar-refractivity contribution in [2.45, 2.75) is 51.6 Å². The van der Waals surface area contributed by atoms with Crippen LogP contribution in [0.3, 0.4) is 0 Å². The molecule has 0 radical (unpaired) electrons. The normalized spacial score (nSPS) is 31.9. The number of hydrogen-bond donors (Lipinski definition) is 0. The molecule has 0 aromatic heterocycles. The molecule has 0 saturated heterocycles. The van der Waals surface area contributed by atoms with Crippen molar-refractivity contribution in [2.24, 2.45) is 15.3 Å². The summed E-state index contributed by atoms with van der Waals surface area (Å²) in [6.45, 7) is 5.46. The first kappa shape index (κ1) is 18.5. The monoisotopic (exact) mass is 376 g/mol. The van der Waals surface area contributed by atoms with E-state index in [1.54, 1.807) is 0 Å². The highest BCUT2D eigenvalue weighted by Gasteiger charge is 2.63. The summed E-state index contributed by atoms with van der Waals surface area (Å²) in [6, 6.07) is 0. The third-order valence-corrected chi connectivity index (χ3v) is 5.83. The van der Waals surface area contributed by atoms with Gasteiger partial charge in [-0.3, -0.25) is 0 Å². The van der Waals surface area contributed by atoms with E-state index < -0.39 is 38.4 Å². The minimum absolute atomic E-state index is 0.0194. The molecule has 0 saturated carbocycles. The minimum Gasteiger partial charge on any atom is -0.477 e. The van der Waals surface area contributed by atoms with Crippen LogP contribution in [0.1, 0.15) is 27.2 Å². The lowest BCUT2D eigenvalue weighted by molar-refractivity contribution is -0.0761. The predicted molar refractivity (Wildman–Crippen MR) is 74.4 cm³/mol. The lowest BCUT2D eigenvalue weighted by atomic mass is 9.99. The first-order valence-electron chi connectivity index (χ1n) is 6.68. The van der Waals surface area contributed by atoms with Gasteiger partial charge in [0.15, 0.2) is 0 Å². The molecule has 2 aliphatic rings. The molecule has 0 aromatic rings. The van der Waals surface area contributed by atoms with E-state index in [2.05, 4.69) is 15.3 Å². The summed E-state index contributed by atoms with van der Waals surface area (Å²) < 4.78 is 88.2. The summed E-state index contributed by atoms with van der Waals surface area (Å²) in [5.74, 6) is -3.40. The summed E-state index contributed by atoms with van der Waals surface area (Å²) in [7, 11) is -4.24. The molecule has 13 heteroatoms. The van der Waals surface area contributed by atoms with Gasteiger partial charge in [-0.15, -0.1) is 10.2 Å². The van der Waals surface area contributed by atoms with Gasteiger partial charge in [-0.2, -0.15) is 31.4 Å². The van der Waals surface area contributed by atoms with E-state index in [9.17, 15) is 26.3 Å². The second kappa shape index (κ2) is 5.36. The maximum atomic E-state index is 13.0. The Morgan fingerprint density at radius 3 is 2.00 bits per heavy atom. The van der Waals surface area contributed by atoms with E-state index in [-0.39, 0.29) is 12.1 Å². The molecule has 2 rings (SSSR count). The van der Waals surface area contributed by atoms with E-state index >= 15 is 0 Å². The molecule has 0 bridgehead atoms. The fourth-order valence-corrected chi connectivity index (χ4v) is 5.17. The predicted octanol–water partition coefficient (Wildman–Crippen LogP) is 3.30. The minimum atomic E-state index is -5.04. The van der Waals surface area contributed by atoms with Gasteiger partial charge in [0, 0.05) is 18.7 Å². The van der Waals surface area contributed by atoms with Crippen LogP contribution in [0.5, 0.6) is 0 Å². The quantitative estimate of drug-likeness (QED) is 0.482. The fraction of sp³-hybridized carbons (Fsp3) is 0.727. The number of alkyl halides is 6. The van der Waals surface area contributed by atoms with Crippen molar-refractivity contribution in [1.29, 1.82) is 0 Å². The molecule has 0 aromatic carbocycles. The molecule has 2 heterocycles. The van der Waals surface area contributed by atoms with Crippen LogP contribution in [0.25, 0.3) is 0 Å². The lowest BCUT2D eigenvalue weighted by Crippen LogP contribution is -2.60. The van der Waals surface area contributed by atoms with E-state index in [1.165, 1.54) is 20.8 Å². The molecule has 0 amide bonds. The molecule has 6 nitrogen and oxygen atoms in total. The van der Waals surface area contributed by atoms with Crippen molar-refractivity contribution in [3.63, 3.8) is 0 Å². The van der Waals surface area contributed by atoms with Gasteiger partial charge in [0.2, 0.25) is 0 Å². The van der Waals surface area contributed by atoms with Crippen LogP contribution in [-0.4, -0.2) is 48.8 Å². The molecule has 2 aliphatic heterocycles. The Balaban J connectivity index is 2.55. The Bertz CT molecular complexity index is 627. The van der Waals surface area contributed by atoms with Crippen LogP contribution in [0, 0.1) is 0 Å². The molecule has 1 unspecified atom stereocenters. The van der Waals surface area contributed by atoms with Gasteiger partial charge in [0.05, 0.1) is 5.54 Å². The van der Waals surface area contributed by atoms with Crippen molar-refractivity contribution < 1.29 is 35.2 Å². The number of fused-ring (bicyclic) bond motifs is 1. The molecule has 0 aliphatic carbocycles. The average Bonchev–Trinajstić information content (AvgIpc) is 2.71. The summed E-state index contributed by atoms with van der Waals surface area (Å²) in [5.41, 5.74) is -0.947. The standard InChI is InChI=1S/C11H14F6N4O2Si/c1-6-5-9(2,3)21-20-8(11(15,16)17)23-24(21,4)22-7(19-18-6)10(12,13)14/h5H2,1-4H3/b18-6+,19-7-. The number of nitrogens with zero attached hydrogens (tertiary/aromatic N) is 4. The zero-order chi connectivity index (χ0) is 18.6. The van der Waals surface area contributed by atoms with Crippen LogP contribution < -0.4 is 0 Å². The molecule has 1 atom stereocenters. The van der Waals surface area contributed by atoms with Gasteiger partial charge < -0.3 is 8.85 Å². The topological polar surface area (TPSA) is 58.8 Å². The largest absolute Gasteiger partial charge is 0.603 e. The van der Waals surface area contributed by atoms with Crippen molar-refractivity contribution in [1.82, 2.24) is 4.67 Å². The highest BCUT2D eigenvalue weighted by atomic mass is 28.4. The molecular weight excluding hydrogens is 362 g/mol. The van der Waals surface area contributed by atoms with Crippen LogP contribution in [0.15, 0.2) is 15.3 Å². The second-order valence-corrected chi connectivity index (χ2v) is 8.67. The van der Waals surface area contributed by atoms with Gasteiger partial charge in [-0.25, -0.2) is 4.67 Å². The van der Waals surface area contributed by atoms with Crippen LogP contribution >= 0.6 is 0 Å². The van der Waals surface area contributed by atoms with Crippen LogP contribution in [-0.2, 0) is 8.85 Å². The summed E-state index contributed by atoms with van der Waals surface area (Å²) in [6.07, 6.45) is -9.97. The maximum Gasteiger partial charge on any atom is 0.603 e. The Labute approximate surface area is 134 Å². The van der Waals surface area contributed by atoms with E-state index in [1.807, 2.05) is 0 Å². The highest BCUT2D eigenvalue weighted by molar-refractivity contribution is 6.67. The van der Waals surface area contributed by atoms with E-state index in [0.717, 1.165) is 11.2 Å². The third kappa shape index (κ3) is 3.49. The van der Waals surface area contributed by atoms with Crippen molar-refractivity contribution in [2.75, 3.05) is 0 Å². The lowest BCUT2D eigenvalue weighted by Gasteiger charge is -2.39. The molecule has 0 N–H and O–H groups in total. The van der Waals surface area contributed by atoms with Crippen molar-refractivity contribution >= 4 is 26.2 Å². The smallest absolute Gasteiger partial charge is 0.477 e. The van der Waals surface area contributed by atoms with Crippen LogP contribution in [0.2, 0.25) is 6.55 Å². The van der Waals surface area contributed by atoms with Gasteiger partial charge in [0.1, 0.15) is 0 Å². The number of hydrogen-bond acceptors (Lipinski definition) is 6. The zero-order valence-electron chi connectivity index (χ0n) is 13.1. The number of halogens is 6. The van der Waals surface area contributed by atoms with Crippen molar-refractivity contribution in [3.05, 3.63) is 0 Å². The summed E-state index contributed by atoms with van der Waals surface area (Å²) in [5, 5.41) is 9.81. The zero-order valence-corrected chi connectivity index (χ0v) is 14.1. The maximum absolute atomic E-state index is 13.0. The van der Waals surface area contributed by atoms with Gasteiger partial charge in [-0.05, 0) is 20.8 Å². The van der Waals surface area contributed by atoms with E-state index in [4.69, 9.17) is 8.85 Å². The SMILES string of the molecule is C/C1=N\N=C(\C(F)(F)F)O[Si]2(C)OC(C(F)(F)F)=NN2C(C)(C)C1. The Hall–Kier alpha value is -1.79. The Kier molecular flexibility index (Phi) is 4.14. The summed E-state index contributed by atoms with van der Waals surface area (Å²) >= 11 is 0. The molecule has 24 heavy (non-hydrogen) atoms. The first-order valence-corrected chi connectivity index (χ1v) is 8.94. The van der Waals surface area contributed by atoms with Crippen molar-refractivity contribution in [3.8, 4) is 0 Å². The molecular formula is C11H14F6N4O2Si. The fourth-order valence-electron chi connectivity index (χ4n) is 2.47. The van der Waals surface area contributed by atoms with Crippen LogP contribution in [0.4, 0.5) is 26.3 Å². The van der Waals surface area contributed by atoms with Gasteiger partial charge >= 0.3 is 32.9 Å². The highest BCUT2D eigenvalue weighted by Crippen LogP contribution is 2.38. The molecule has 136 valence electrons. The Morgan fingerprint density at radius 1 is 1.00 bits per heavy atom. The van der Waals surface area contributed by atoms with Gasteiger partial charge in [-0.1, -0.05) is 0 Å². The first-order chi connectivity index (χ1) is 10.7. The summed E-state index contributed by atoms with van der Waals surface area (Å²) in [4.78, 5) is 0. The Morgan fingerprint density at radius 2 is 1.50 bits per heavy atom. The van der Waals surface area contributed by atoms with E-state index in [0.29, 0.717) is 0 Å². The number of rotatable bonds is 0. The van der Waals surface area contributed by atoms with Gasteiger partial charge in [0.25, 0.3) is 0 Å². The average molecular weight is 376 g/mol. The second-order valence-electron chi connectivity index (χ2n) is 6.04. The number of hydrazone groups is 1. The molecule has 0 spiro atoms. The third-order valence-electron chi connectivity index (χ3n) is 3.21.